The monoisotopic (exact) mass is 316 g/mol. The molecule has 1 fully saturated rings. The van der Waals surface area contributed by atoms with Crippen LogP contribution in [0.25, 0.3) is 0 Å². The van der Waals surface area contributed by atoms with Crippen LogP contribution in [0.15, 0.2) is 35.8 Å². The summed E-state index contributed by atoms with van der Waals surface area (Å²) in [4.78, 5) is 6.94. The van der Waals surface area contributed by atoms with Crippen LogP contribution in [0.2, 0.25) is 0 Å². The van der Waals surface area contributed by atoms with Crippen LogP contribution in [-0.4, -0.2) is 36.2 Å². The Kier molecular flexibility index (Phi) is 5.24. The average molecular weight is 316 g/mol. The van der Waals surface area contributed by atoms with Gasteiger partial charge in [-0.1, -0.05) is 29.8 Å². The predicted octanol–water partition coefficient (Wildman–Crippen LogP) is 3.53. The largest absolute Gasteiger partial charge is 0.381 e. The van der Waals surface area contributed by atoms with Crippen LogP contribution < -0.4 is 0 Å². The van der Waals surface area contributed by atoms with E-state index in [-0.39, 0.29) is 0 Å². The van der Waals surface area contributed by atoms with Gasteiger partial charge in [0.05, 0.1) is 12.6 Å². The first-order valence-corrected chi connectivity index (χ1v) is 8.81. The van der Waals surface area contributed by atoms with Crippen molar-refractivity contribution in [1.29, 1.82) is 0 Å². The molecule has 0 aliphatic carbocycles. The molecular weight excluding hydrogens is 292 g/mol. The highest BCUT2D eigenvalue weighted by molar-refractivity contribution is 7.09. The number of benzene rings is 1. The Morgan fingerprint density at radius 3 is 3.05 bits per heavy atom. The molecule has 1 aromatic heterocycles. The summed E-state index contributed by atoms with van der Waals surface area (Å²) in [5.74, 6) is 0.556. The summed E-state index contributed by atoms with van der Waals surface area (Å²) < 4.78 is 5.75. The molecule has 4 heteroatoms. The first-order chi connectivity index (χ1) is 10.7. The third-order valence-corrected chi connectivity index (χ3v) is 5.24. The van der Waals surface area contributed by atoms with Crippen LogP contribution in [0.3, 0.4) is 0 Å². The summed E-state index contributed by atoms with van der Waals surface area (Å²) >= 11 is 1.75. The van der Waals surface area contributed by atoms with Gasteiger partial charge >= 0.3 is 0 Å². The number of hydrogen-bond acceptors (Lipinski definition) is 4. The van der Waals surface area contributed by atoms with Crippen LogP contribution in [-0.2, 0) is 17.7 Å². The molecule has 0 unspecified atom stereocenters. The summed E-state index contributed by atoms with van der Waals surface area (Å²) in [5, 5.41) is 3.27. The normalized spacial score (nSPS) is 22.8. The summed E-state index contributed by atoms with van der Waals surface area (Å²) in [5.41, 5.74) is 2.75. The number of likely N-dealkylation sites (tertiary alicyclic amines) is 1. The second-order valence-corrected chi connectivity index (χ2v) is 7.16. The van der Waals surface area contributed by atoms with Gasteiger partial charge in [0.15, 0.2) is 0 Å². The van der Waals surface area contributed by atoms with Gasteiger partial charge in [-0.25, -0.2) is 4.98 Å². The van der Waals surface area contributed by atoms with Crippen molar-refractivity contribution in [1.82, 2.24) is 9.88 Å². The highest BCUT2D eigenvalue weighted by Gasteiger charge is 2.29. The van der Waals surface area contributed by atoms with Gasteiger partial charge < -0.3 is 4.74 Å². The van der Waals surface area contributed by atoms with Crippen molar-refractivity contribution in [3.05, 3.63) is 52.0 Å². The zero-order valence-corrected chi connectivity index (χ0v) is 14.2. The Bertz CT molecular complexity index is 585. The number of aromatic nitrogens is 1. The number of piperidine rings is 1. The molecule has 118 valence electrons. The highest BCUT2D eigenvalue weighted by Crippen LogP contribution is 2.25. The first-order valence-electron chi connectivity index (χ1n) is 7.93. The number of methoxy groups -OCH3 is 1. The van der Waals surface area contributed by atoms with E-state index in [4.69, 9.17) is 4.74 Å². The standard InChI is InChI=1S/C18H24N2OS/c1-14-4-3-5-15(10-14)11-16-12-20(8-6-17(16)21-2)13-18-19-7-9-22-18/h3-5,7,9-10,16-17H,6,8,11-13H2,1-2H3/t16-,17+/m1/s1. The molecule has 1 aromatic carbocycles. The van der Waals surface area contributed by atoms with Crippen LogP contribution >= 0.6 is 11.3 Å². The van der Waals surface area contributed by atoms with Gasteiger partial charge in [-0.3, -0.25) is 4.90 Å². The van der Waals surface area contributed by atoms with Crippen molar-refractivity contribution < 1.29 is 4.74 Å². The zero-order chi connectivity index (χ0) is 15.4. The Balaban J connectivity index is 1.66. The molecule has 1 saturated heterocycles. The number of ether oxygens (including phenoxy) is 1. The lowest BCUT2D eigenvalue weighted by Crippen LogP contribution is -2.44. The van der Waals surface area contributed by atoms with Crippen LogP contribution in [0.4, 0.5) is 0 Å². The Morgan fingerprint density at radius 1 is 1.41 bits per heavy atom. The quantitative estimate of drug-likeness (QED) is 0.844. The Morgan fingerprint density at radius 2 is 2.32 bits per heavy atom. The third kappa shape index (κ3) is 3.94. The molecule has 0 N–H and O–H groups in total. The Hall–Kier alpha value is -1.23. The SMILES string of the molecule is CO[C@H]1CCN(Cc2nccs2)C[C@H]1Cc1cccc(C)c1. The third-order valence-electron chi connectivity index (χ3n) is 4.47. The fraction of sp³-hybridized carbons (Fsp3) is 0.500. The lowest BCUT2D eigenvalue weighted by Gasteiger charge is -2.37. The fourth-order valence-corrected chi connectivity index (χ4v) is 4.06. The molecule has 2 atom stereocenters. The van der Waals surface area contributed by atoms with Crippen molar-refractivity contribution in [2.75, 3.05) is 20.2 Å². The van der Waals surface area contributed by atoms with E-state index in [9.17, 15) is 0 Å². The molecule has 1 aliphatic heterocycles. The van der Waals surface area contributed by atoms with E-state index < -0.39 is 0 Å². The maximum Gasteiger partial charge on any atom is 0.107 e. The molecule has 0 spiro atoms. The van der Waals surface area contributed by atoms with Crippen LogP contribution in [0, 0.1) is 12.8 Å². The number of aryl methyl sites for hydroxylation is 1. The molecule has 3 nitrogen and oxygen atoms in total. The van der Waals surface area contributed by atoms with Gasteiger partial charge in [0.1, 0.15) is 5.01 Å². The second-order valence-electron chi connectivity index (χ2n) is 6.18. The fourth-order valence-electron chi connectivity index (χ4n) is 3.40. The van der Waals surface area contributed by atoms with E-state index in [1.54, 1.807) is 11.3 Å². The smallest absolute Gasteiger partial charge is 0.107 e. The predicted molar refractivity (Wildman–Crippen MR) is 91.2 cm³/mol. The summed E-state index contributed by atoms with van der Waals surface area (Å²) in [6, 6.07) is 8.85. The summed E-state index contributed by atoms with van der Waals surface area (Å²) in [6.45, 7) is 5.32. The molecular formula is C18H24N2OS. The first kappa shape index (κ1) is 15.7. The van der Waals surface area contributed by atoms with Crippen molar-refractivity contribution in [2.45, 2.75) is 32.4 Å². The molecule has 2 aromatic rings. The van der Waals surface area contributed by atoms with Crippen molar-refractivity contribution in [3.63, 3.8) is 0 Å². The lowest BCUT2D eigenvalue weighted by molar-refractivity contribution is -0.00850. The van der Waals surface area contributed by atoms with E-state index in [1.807, 2.05) is 13.3 Å². The van der Waals surface area contributed by atoms with Crippen molar-refractivity contribution >= 4 is 11.3 Å². The van der Waals surface area contributed by atoms with Crippen molar-refractivity contribution in [3.8, 4) is 0 Å². The zero-order valence-electron chi connectivity index (χ0n) is 13.4. The summed E-state index contributed by atoms with van der Waals surface area (Å²) in [6.07, 6.45) is 4.46. The molecule has 3 rings (SSSR count). The van der Waals surface area contributed by atoms with E-state index >= 15 is 0 Å². The van der Waals surface area contributed by atoms with Gasteiger partial charge in [-0.05, 0) is 25.3 Å². The lowest BCUT2D eigenvalue weighted by atomic mass is 9.88. The molecule has 0 radical (unpaired) electrons. The molecule has 22 heavy (non-hydrogen) atoms. The second kappa shape index (κ2) is 7.36. The molecule has 0 bridgehead atoms. The van der Waals surface area contributed by atoms with E-state index in [1.165, 1.54) is 16.1 Å². The topological polar surface area (TPSA) is 25.4 Å². The van der Waals surface area contributed by atoms with E-state index in [0.717, 1.165) is 32.5 Å². The molecule has 0 amide bonds. The molecule has 2 heterocycles. The van der Waals surface area contributed by atoms with Gasteiger partial charge in [0, 0.05) is 37.7 Å². The maximum atomic E-state index is 5.75. The number of rotatable bonds is 5. The Labute approximate surface area is 137 Å². The highest BCUT2D eigenvalue weighted by atomic mass is 32.1. The van der Waals surface area contributed by atoms with Gasteiger partial charge in [-0.15, -0.1) is 11.3 Å². The van der Waals surface area contributed by atoms with Crippen LogP contribution in [0.5, 0.6) is 0 Å². The number of thiazole rings is 1. The van der Waals surface area contributed by atoms with Crippen molar-refractivity contribution in [2.24, 2.45) is 5.92 Å². The molecule has 0 saturated carbocycles. The number of hydrogen-bond donors (Lipinski definition) is 0. The minimum atomic E-state index is 0.369. The number of nitrogens with zero attached hydrogens (tertiary/aromatic N) is 2. The van der Waals surface area contributed by atoms with Gasteiger partial charge in [0.25, 0.3) is 0 Å². The minimum Gasteiger partial charge on any atom is -0.381 e. The maximum absolute atomic E-state index is 5.75. The summed E-state index contributed by atoms with van der Waals surface area (Å²) in [7, 11) is 1.85. The average Bonchev–Trinajstić information content (AvgIpc) is 3.01. The van der Waals surface area contributed by atoms with E-state index in [0.29, 0.717) is 12.0 Å². The van der Waals surface area contributed by atoms with Gasteiger partial charge in [-0.2, -0.15) is 0 Å². The molecule has 1 aliphatic rings. The van der Waals surface area contributed by atoms with E-state index in [2.05, 4.69) is 46.5 Å². The minimum absolute atomic E-state index is 0.369. The van der Waals surface area contributed by atoms with Crippen LogP contribution in [0.1, 0.15) is 22.6 Å². The van der Waals surface area contributed by atoms with Gasteiger partial charge in [0.2, 0.25) is 0 Å².